The van der Waals surface area contributed by atoms with E-state index in [2.05, 4.69) is 5.32 Å². The number of sulfone groups is 1. The van der Waals surface area contributed by atoms with Crippen molar-refractivity contribution in [1.82, 2.24) is 4.90 Å². The van der Waals surface area contributed by atoms with Crippen molar-refractivity contribution in [1.29, 1.82) is 0 Å². The second kappa shape index (κ2) is 5.72. The van der Waals surface area contributed by atoms with Gasteiger partial charge in [-0.3, -0.25) is 4.79 Å². The maximum atomic E-state index is 12.0. The highest BCUT2D eigenvalue weighted by atomic mass is 32.2. The Morgan fingerprint density at radius 3 is 2.29 bits per heavy atom. The lowest BCUT2D eigenvalue weighted by Crippen LogP contribution is -2.40. The van der Waals surface area contributed by atoms with Crippen LogP contribution in [0.5, 0.6) is 0 Å². The molecular formula is C13H16N2O5S. The van der Waals surface area contributed by atoms with Crippen molar-refractivity contribution >= 4 is 27.5 Å². The molecule has 7 nitrogen and oxygen atoms in total. The summed E-state index contributed by atoms with van der Waals surface area (Å²) in [4.78, 5) is 24.2. The maximum Gasteiger partial charge on any atom is 0.323 e. The molecular weight excluding hydrogens is 296 g/mol. The van der Waals surface area contributed by atoms with Crippen LogP contribution in [0.4, 0.5) is 10.5 Å². The molecule has 2 rings (SSSR count). The summed E-state index contributed by atoms with van der Waals surface area (Å²) in [7, 11) is -3.28. The van der Waals surface area contributed by atoms with Crippen molar-refractivity contribution < 1.29 is 23.1 Å². The summed E-state index contributed by atoms with van der Waals surface area (Å²) in [6, 6.07) is 5.21. The number of carbonyl (C=O) groups excluding carboxylic acids is 1. The Morgan fingerprint density at radius 2 is 1.86 bits per heavy atom. The minimum absolute atomic E-state index is 0.0311. The second-order valence-electron chi connectivity index (χ2n) is 4.98. The summed E-state index contributed by atoms with van der Waals surface area (Å²) in [5.41, 5.74) is 0.420. The van der Waals surface area contributed by atoms with Gasteiger partial charge in [0.05, 0.1) is 4.90 Å². The molecule has 114 valence electrons. The molecule has 0 spiro atoms. The Morgan fingerprint density at radius 1 is 1.29 bits per heavy atom. The summed E-state index contributed by atoms with van der Waals surface area (Å²) < 4.78 is 22.7. The normalized spacial score (nSPS) is 14.5. The molecule has 0 atom stereocenters. The van der Waals surface area contributed by atoms with E-state index in [1.807, 2.05) is 0 Å². The monoisotopic (exact) mass is 312 g/mol. The van der Waals surface area contributed by atoms with Crippen LogP contribution in [0.15, 0.2) is 29.2 Å². The molecule has 2 N–H and O–H groups in total. The third-order valence-electron chi connectivity index (χ3n) is 3.09. The van der Waals surface area contributed by atoms with E-state index in [1.165, 1.54) is 29.2 Å². The van der Waals surface area contributed by atoms with Crippen molar-refractivity contribution in [2.45, 2.75) is 23.8 Å². The summed E-state index contributed by atoms with van der Waals surface area (Å²) in [5, 5.41) is 11.4. The highest BCUT2D eigenvalue weighted by Crippen LogP contribution is 2.27. The van der Waals surface area contributed by atoms with Gasteiger partial charge in [0, 0.05) is 18.0 Å². The first kappa shape index (κ1) is 15.3. The third kappa shape index (κ3) is 4.19. The van der Waals surface area contributed by atoms with Gasteiger partial charge in [-0.2, -0.15) is 0 Å². The Hall–Kier alpha value is -2.09. The van der Waals surface area contributed by atoms with E-state index in [9.17, 15) is 18.0 Å². The molecule has 1 saturated carbocycles. The highest BCUT2D eigenvalue weighted by Gasteiger charge is 2.33. The van der Waals surface area contributed by atoms with Gasteiger partial charge in [0.25, 0.3) is 0 Å². The van der Waals surface area contributed by atoms with Crippen molar-refractivity contribution in [3.05, 3.63) is 24.3 Å². The van der Waals surface area contributed by atoms with Crippen LogP contribution in [0.25, 0.3) is 0 Å². The number of benzene rings is 1. The summed E-state index contributed by atoms with van der Waals surface area (Å²) in [6.45, 7) is -0.349. The Labute approximate surface area is 122 Å². The van der Waals surface area contributed by atoms with Crippen LogP contribution in [0.2, 0.25) is 0 Å². The Kier molecular flexibility index (Phi) is 4.17. The van der Waals surface area contributed by atoms with E-state index in [0.29, 0.717) is 5.69 Å². The number of nitrogens with one attached hydrogen (secondary N) is 1. The van der Waals surface area contributed by atoms with Crippen molar-refractivity contribution in [2.75, 3.05) is 18.1 Å². The second-order valence-corrected chi connectivity index (χ2v) is 7.00. The molecule has 0 saturated heterocycles. The van der Waals surface area contributed by atoms with E-state index in [-0.39, 0.29) is 17.5 Å². The fourth-order valence-corrected chi connectivity index (χ4v) is 2.51. The number of carbonyl (C=O) groups is 2. The lowest BCUT2D eigenvalue weighted by atomic mass is 10.3. The van der Waals surface area contributed by atoms with Crippen LogP contribution >= 0.6 is 0 Å². The minimum Gasteiger partial charge on any atom is -0.480 e. The van der Waals surface area contributed by atoms with Gasteiger partial charge in [0.2, 0.25) is 0 Å². The molecule has 0 bridgehead atoms. The van der Waals surface area contributed by atoms with E-state index < -0.39 is 21.8 Å². The minimum atomic E-state index is -3.28. The average molecular weight is 312 g/mol. The molecule has 0 heterocycles. The first-order chi connectivity index (χ1) is 9.77. The Balaban J connectivity index is 2.06. The predicted molar refractivity (Wildman–Crippen MR) is 75.9 cm³/mol. The fourth-order valence-electron chi connectivity index (χ4n) is 1.88. The van der Waals surface area contributed by atoms with Crippen LogP contribution in [0, 0.1) is 0 Å². The molecule has 1 aliphatic carbocycles. The maximum absolute atomic E-state index is 12.0. The van der Waals surface area contributed by atoms with Gasteiger partial charge in [0.1, 0.15) is 6.54 Å². The number of carboxylic acids is 1. The van der Waals surface area contributed by atoms with E-state index in [1.54, 1.807) is 0 Å². The number of anilines is 1. The quantitative estimate of drug-likeness (QED) is 0.849. The molecule has 0 aliphatic heterocycles. The molecule has 1 aromatic rings. The molecule has 0 radical (unpaired) electrons. The lowest BCUT2D eigenvalue weighted by molar-refractivity contribution is -0.137. The van der Waals surface area contributed by atoms with E-state index in [0.717, 1.165) is 19.1 Å². The van der Waals surface area contributed by atoms with Crippen molar-refractivity contribution in [2.24, 2.45) is 0 Å². The van der Waals surface area contributed by atoms with Gasteiger partial charge < -0.3 is 15.3 Å². The number of aliphatic carboxylic acids is 1. The van der Waals surface area contributed by atoms with Crippen molar-refractivity contribution in [3.63, 3.8) is 0 Å². The predicted octanol–water partition coefficient (Wildman–Crippen LogP) is 1.17. The standard InChI is InChI=1S/C13H16N2O5S/c1-21(19,20)11-6-2-9(3-7-11)14-13(18)15(8-12(16)17)10-4-5-10/h2-3,6-7,10H,4-5,8H2,1H3,(H,14,18)(H,16,17). The number of nitrogens with zero attached hydrogens (tertiary/aromatic N) is 1. The third-order valence-corrected chi connectivity index (χ3v) is 4.22. The van der Waals surface area contributed by atoms with Crippen LogP contribution in [0.3, 0.4) is 0 Å². The summed E-state index contributed by atoms with van der Waals surface area (Å²) in [5.74, 6) is -1.07. The van der Waals surface area contributed by atoms with Gasteiger partial charge in [-0.15, -0.1) is 0 Å². The zero-order chi connectivity index (χ0) is 15.6. The first-order valence-electron chi connectivity index (χ1n) is 6.37. The van der Waals surface area contributed by atoms with Gasteiger partial charge in [-0.05, 0) is 37.1 Å². The van der Waals surface area contributed by atoms with Crippen LogP contribution in [-0.2, 0) is 14.6 Å². The SMILES string of the molecule is CS(=O)(=O)c1ccc(NC(=O)N(CC(=O)O)C2CC2)cc1. The van der Waals surface area contributed by atoms with E-state index in [4.69, 9.17) is 5.11 Å². The van der Waals surface area contributed by atoms with Crippen LogP contribution in [0.1, 0.15) is 12.8 Å². The number of hydrogen-bond acceptors (Lipinski definition) is 4. The van der Waals surface area contributed by atoms with Gasteiger partial charge in [-0.1, -0.05) is 0 Å². The van der Waals surface area contributed by atoms with Gasteiger partial charge >= 0.3 is 12.0 Å². The van der Waals surface area contributed by atoms with Crippen molar-refractivity contribution in [3.8, 4) is 0 Å². The number of hydrogen-bond donors (Lipinski definition) is 2. The zero-order valence-corrected chi connectivity index (χ0v) is 12.3. The fraction of sp³-hybridized carbons (Fsp3) is 0.385. The number of urea groups is 1. The zero-order valence-electron chi connectivity index (χ0n) is 11.4. The Bertz CT molecular complexity index is 650. The largest absolute Gasteiger partial charge is 0.480 e. The molecule has 8 heteroatoms. The topological polar surface area (TPSA) is 104 Å². The molecule has 1 aromatic carbocycles. The first-order valence-corrected chi connectivity index (χ1v) is 8.26. The number of carboxylic acid groups (broad SMARTS) is 1. The molecule has 0 aromatic heterocycles. The molecule has 0 unspecified atom stereocenters. The smallest absolute Gasteiger partial charge is 0.323 e. The highest BCUT2D eigenvalue weighted by molar-refractivity contribution is 7.90. The van der Waals surface area contributed by atoms with Crippen LogP contribution < -0.4 is 5.32 Å². The summed E-state index contributed by atoms with van der Waals surface area (Å²) in [6.07, 6.45) is 2.70. The van der Waals surface area contributed by atoms with E-state index >= 15 is 0 Å². The molecule has 1 fully saturated rings. The molecule has 21 heavy (non-hydrogen) atoms. The van der Waals surface area contributed by atoms with Crippen LogP contribution in [-0.4, -0.2) is 49.3 Å². The van der Waals surface area contributed by atoms with Gasteiger partial charge in [0.15, 0.2) is 9.84 Å². The lowest BCUT2D eigenvalue weighted by Gasteiger charge is -2.20. The average Bonchev–Trinajstić information content (AvgIpc) is 3.19. The molecule has 2 amide bonds. The molecule has 1 aliphatic rings. The number of rotatable bonds is 5. The number of amides is 2. The summed E-state index contributed by atoms with van der Waals surface area (Å²) >= 11 is 0. The van der Waals surface area contributed by atoms with Gasteiger partial charge in [-0.25, -0.2) is 13.2 Å².